The van der Waals surface area contributed by atoms with Crippen LogP contribution in [0.4, 0.5) is 0 Å². The summed E-state index contributed by atoms with van der Waals surface area (Å²) >= 11 is 0. The summed E-state index contributed by atoms with van der Waals surface area (Å²) in [6.45, 7) is 14.3. The van der Waals surface area contributed by atoms with E-state index in [1.165, 1.54) is 70.6 Å². The molecule has 0 bridgehead atoms. The van der Waals surface area contributed by atoms with Crippen molar-refractivity contribution in [2.45, 2.75) is 110 Å². The highest BCUT2D eigenvalue weighted by atomic mass is 14.7. The molecule has 2 atom stereocenters. The molecule has 0 amide bonds. The van der Waals surface area contributed by atoms with Gasteiger partial charge >= 0.3 is 0 Å². The lowest BCUT2D eigenvalue weighted by Crippen LogP contribution is -2.01. The van der Waals surface area contributed by atoms with Crippen LogP contribution in [0.2, 0.25) is 0 Å². The van der Waals surface area contributed by atoms with Gasteiger partial charge in [-0.15, -0.1) is 13.2 Å². The molecule has 0 saturated heterocycles. The van der Waals surface area contributed by atoms with Crippen molar-refractivity contribution >= 4 is 12.4 Å². The molecule has 0 rings (SSSR count). The van der Waals surface area contributed by atoms with Gasteiger partial charge in [0.1, 0.15) is 0 Å². The molecule has 0 heterocycles. The lowest BCUT2D eigenvalue weighted by Gasteiger charge is -2.11. The molecule has 0 aromatic rings. The first-order chi connectivity index (χ1) is 14.3. The van der Waals surface area contributed by atoms with Crippen molar-refractivity contribution in [2.75, 3.05) is 13.1 Å². The van der Waals surface area contributed by atoms with E-state index in [4.69, 9.17) is 0 Å². The molecule has 2 unspecified atom stereocenters. The third-order valence-electron chi connectivity index (χ3n) is 5.64. The van der Waals surface area contributed by atoms with E-state index < -0.39 is 0 Å². The van der Waals surface area contributed by atoms with Gasteiger partial charge in [-0.25, -0.2) is 0 Å². The fourth-order valence-electron chi connectivity index (χ4n) is 3.71. The predicted molar refractivity (Wildman–Crippen MR) is 135 cm³/mol. The zero-order chi connectivity index (χ0) is 21.4. The van der Waals surface area contributed by atoms with Crippen LogP contribution in [0.15, 0.2) is 35.3 Å². The van der Waals surface area contributed by atoms with Gasteiger partial charge in [-0.2, -0.15) is 0 Å². The number of unbranched alkanes of at least 4 members (excludes halogenated alkanes) is 6. The summed E-state index contributed by atoms with van der Waals surface area (Å²) in [6, 6.07) is 0. The summed E-state index contributed by atoms with van der Waals surface area (Å²) in [4.78, 5) is 9.26. The number of hydrogen-bond donors (Lipinski definition) is 0. The second kappa shape index (κ2) is 23.1. The molecule has 0 N–H and O–H groups in total. The molecule has 0 aromatic carbocycles. The highest BCUT2D eigenvalue weighted by molar-refractivity contribution is 5.57. The highest BCUT2D eigenvalue weighted by Gasteiger charge is 2.05. The number of allylic oxidation sites excluding steroid dienone is 2. The number of nitrogens with zero attached hydrogens (tertiary/aromatic N) is 2. The molecule has 168 valence electrons. The van der Waals surface area contributed by atoms with Crippen LogP contribution in [0, 0.1) is 11.8 Å². The normalized spacial score (nSPS) is 13.9. The zero-order valence-electron chi connectivity index (χ0n) is 19.8. The van der Waals surface area contributed by atoms with Crippen molar-refractivity contribution in [3.8, 4) is 0 Å². The van der Waals surface area contributed by atoms with E-state index in [9.17, 15) is 0 Å². The van der Waals surface area contributed by atoms with Crippen molar-refractivity contribution in [3.63, 3.8) is 0 Å². The standard InChI is InChI=1S/C27H50N2/c1-5-9-12-18-26(16-7-3)20-24-28-22-14-11-15-23-29-25-21-27(17-8-4)19-13-10-6-2/h7-8,24-27H,3-6,9-23H2,1-2H3. The molecule has 0 saturated carbocycles. The zero-order valence-corrected chi connectivity index (χ0v) is 19.8. The molecule has 0 radical (unpaired) electrons. The molecule has 0 aromatic heterocycles. The molecule has 0 spiro atoms. The van der Waals surface area contributed by atoms with Crippen molar-refractivity contribution in [3.05, 3.63) is 25.3 Å². The van der Waals surface area contributed by atoms with E-state index in [0.717, 1.165) is 50.6 Å². The maximum atomic E-state index is 4.63. The summed E-state index contributed by atoms with van der Waals surface area (Å²) in [5, 5.41) is 0. The van der Waals surface area contributed by atoms with Gasteiger partial charge in [-0.1, -0.05) is 64.5 Å². The molecular weight excluding hydrogens is 352 g/mol. The van der Waals surface area contributed by atoms with Crippen LogP contribution in [0.1, 0.15) is 110 Å². The quantitative estimate of drug-likeness (QED) is 0.0983. The van der Waals surface area contributed by atoms with E-state index in [0.29, 0.717) is 0 Å². The van der Waals surface area contributed by atoms with E-state index in [2.05, 4.69) is 61.6 Å². The fourth-order valence-corrected chi connectivity index (χ4v) is 3.71. The van der Waals surface area contributed by atoms with Crippen LogP contribution in [0.25, 0.3) is 0 Å². The van der Waals surface area contributed by atoms with E-state index in [-0.39, 0.29) is 0 Å². The minimum absolute atomic E-state index is 0.740. The minimum Gasteiger partial charge on any atom is -0.298 e. The first kappa shape index (κ1) is 27.8. The molecule has 0 aliphatic heterocycles. The van der Waals surface area contributed by atoms with Crippen molar-refractivity contribution in [1.82, 2.24) is 0 Å². The monoisotopic (exact) mass is 402 g/mol. The third-order valence-corrected chi connectivity index (χ3v) is 5.64. The Balaban J connectivity index is 3.73. The molecule has 0 fully saturated rings. The van der Waals surface area contributed by atoms with Gasteiger partial charge in [-0.3, -0.25) is 9.98 Å². The molecule has 0 aliphatic carbocycles. The van der Waals surface area contributed by atoms with E-state index in [1.54, 1.807) is 0 Å². The topological polar surface area (TPSA) is 24.7 Å². The van der Waals surface area contributed by atoms with Gasteiger partial charge < -0.3 is 0 Å². The Kier molecular flexibility index (Phi) is 22.2. The van der Waals surface area contributed by atoms with Crippen LogP contribution >= 0.6 is 0 Å². The molecule has 2 nitrogen and oxygen atoms in total. The summed E-state index contributed by atoms with van der Waals surface area (Å²) < 4.78 is 0. The Morgan fingerprint density at radius 3 is 1.41 bits per heavy atom. The first-order valence-electron chi connectivity index (χ1n) is 12.5. The van der Waals surface area contributed by atoms with Crippen LogP contribution < -0.4 is 0 Å². The number of aliphatic imine (C=N–C) groups is 2. The number of hydrogen-bond acceptors (Lipinski definition) is 2. The van der Waals surface area contributed by atoms with Gasteiger partial charge in [0.25, 0.3) is 0 Å². The van der Waals surface area contributed by atoms with Gasteiger partial charge in [0.15, 0.2) is 0 Å². The van der Waals surface area contributed by atoms with Gasteiger partial charge in [-0.05, 0) is 82.1 Å². The Morgan fingerprint density at radius 2 is 1.03 bits per heavy atom. The van der Waals surface area contributed by atoms with Crippen LogP contribution in [0.3, 0.4) is 0 Å². The SMILES string of the molecule is C=CCC(CC=NCCCCCN=CCC(CC=C)CCCCC)CCCCC. The van der Waals surface area contributed by atoms with Gasteiger partial charge in [0, 0.05) is 13.1 Å². The second-order valence-corrected chi connectivity index (χ2v) is 8.48. The van der Waals surface area contributed by atoms with E-state index >= 15 is 0 Å². The fraction of sp³-hybridized carbons (Fsp3) is 0.778. The molecule has 0 aliphatic rings. The Labute approximate surface area is 183 Å². The molecule has 29 heavy (non-hydrogen) atoms. The minimum atomic E-state index is 0.740. The van der Waals surface area contributed by atoms with Crippen molar-refractivity contribution in [2.24, 2.45) is 21.8 Å². The lowest BCUT2D eigenvalue weighted by molar-refractivity contribution is 0.479. The average Bonchev–Trinajstić information content (AvgIpc) is 2.72. The summed E-state index contributed by atoms with van der Waals surface area (Å²) in [6.07, 6.45) is 27.1. The predicted octanol–water partition coefficient (Wildman–Crippen LogP) is 8.62. The lowest BCUT2D eigenvalue weighted by atomic mass is 9.95. The van der Waals surface area contributed by atoms with Gasteiger partial charge in [0.2, 0.25) is 0 Å². The van der Waals surface area contributed by atoms with Crippen molar-refractivity contribution in [1.29, 1.82) is 0 Å². The summed E-state index contributed by atoms with van der Waals surface area (Å²) in [5.41, 5.74) is 0. The highest BCUT2D eigenvalue weighted by Crippen LogP contribution is 2.18. The maximum absolute atomic E-state index is 4.63. The Hall–Kier alpha value is -1.18. The first-order valence-corrected chi connectivity index (χ1v) is 12.5. The maximum Gasteiger partial charge on any atom is 0.0385 e. The largest absolute Gasteiger partial charge is 0.298 e. The van der Waals surface area contributed by atoms with E-state index in [1.807, 2.05) is 0 Å². The summed E-state index contributed by atoms with van der Waals surface area (Å²) in [5.74, 6) is 1.48. The average molecular weight is 403 g/mol. The van der Waals surface area contributed by atoms with Crippen molar-refractivity contribution < 1.29 is 0 Å². The Morgan fingerprint density at radius 1 is 0.586 bits per heavy atom. The van der Waals surface area contributed by atoms with Gasteiger partial charge in [0.05, 0.1) is 0 Å². The summed E-state index contributed by atoms with van der Waals surface area (Å²) in [7, 11) is 0. The second-order valence-electron chi connectivity index (χ2n) is 8.48. The van der Waals surface area contributed by atoms with Crippen LogP contribution in [-0.4, -0.2) is 25.5 Å². The third kappa shape index (κ3) is 19.9. The van der Waals surface area contributed by atoms with Crippen LogP contribution in [0.5, 0.6) is 0 Å². The Bertz CT molecular complexity index is 373. The molecule has 2 heteroatoms. The number of rotatable bonds is 22. The molecular formula is C27H50N2. The smallest absolute Gasteiger partial charge is 0.0385 e. The van der Waals surface area contributed by atoms with Crippen LogP contribution in [-0.2, 0) is 0 Å².